The van der Waals surface area contributed by atoms with Gasteiger partial charge in [0.15, 0.2) is 11.5 Å². The number of carbonyl (C=O) groups excluding carboxylic acids is 1. The summed E-state index contributed by atoms with van der Waals surface area (Å²) in [6.07, 6.45) is 0.769. The lowest BCUT2D eigenvalue weighted by atomic mass is 10.2. The van der Waals surface area contributed by atoms with Gasteiger partial charge < -0.3 is 9.47 Å². The van der Waals surface area contributed by atoms with E-state index in [0.717, 1.165) is 5.56 Å². The number of nitrogens with one attached hydrogen (secondary N) is 1. The van der Waals surface area contributed by atoms with Crippen LogP contribution in [0.15, 0.2) is 53.7 Å². The van der Waals surface area contributed by atoms with E-state index >= 15 is 0 Å². The Balaban J connectivity index is 1.56. The number of carbonyl (C=O) groups is 1. The summed E-state index contributed by atoms with van der Waals surface area (Å²) in [7, 11) is 0. The lowest BCUT2D eigenvalue weighted by Gasteiger charge is -2.01. The van der Waals surface area contributed by atoms with Crippen LogP contribution >= 0.6 is 0 Å². The van der Waals surface area contributed by atoms with Gasteiger partial charge in [-0.2, -0.15) is 0 Å². The van der Waals surface area contributed by atoms with E-state index in [1.54, 1.807) is 30.3 Å². The van der Waals surface area contributed by atoms with Crippen molar-refractivity contribution < 1.29 is 19.1 Å². The zero-order chi connectivity index (χ0) is 14.5. The van der Waals surface area contributed by atoms with Gasteiger partial charge in [0, 0.05) is 11.3 Å². The normalized spacial score (nSPS) is 12.4. The summed E-state index contributed by atoms with van der Waals surface area (Å²) >= 11 is 0. The van der Waals surface area contributed by atoms with Crippen LogP contribution in [0.1, 0.15) is 5.56 Å². The van der Waals surface area contributed by atoms with Crippen LogP contribution in [0.4, 0.5) is 10.5 Å². The minimum absolute atomic E-state index is 0.214. The monoisotopic (exact) mass is 284 g/mol. The number of anilines is 1. The number of para-hydroxylation sites is 1. The van der Waals surface area contributed by atoms with E-state index < -0.39 is 6.09 Å². The lowest BCUT2D eigenvalue weighted by Crippen LogP contribution is -2.10. The van der Waals surface area contributed by atoms with Crippen LogP contribution in [0.2, 0.25) is 0 Å². The molecule has 0 fully saturated rings. The third kappa shape index (κ3) is 3.30. The van der Waals surface area contributed by atoms with Gasteiger partial charge in [0.25, 0.3) is 0 Å². The Hall–Kier alpha value is -3.02. The Morgan fingerprint density at radius 3 is 2.81 bits per heavy atom. The Kier molecular flexibility index (Phi) is 3.68. The van der Waals surface area contributed by atoms with Crippen LogP contribution < -0.4 is 14.8 Å². The molecular formula is C15H12N2O4. The maximum absolute atomic E-state index is 11.5. The van der Waals surface area contributed by atoms with Crippen molar-refractivity contribution in [2.75, 3.05) is 12.1 Å². The van der Waals surface area contributed by atoms with Gasteiger partial charge in [0.1, 0.15) is 0 Å². The highest BCUT2D eigenvalue weighted by Crippen LogP contribution is 2.31. The van der Waals surface area contributed by atoms with Gasteiger partial charge >= 0.3 is 6.09 Å². The first-order valence-electron chi connectivity index (χ1n) is 6.27. The summed E-state index contributed by atoms with van der Waals surface area (Å²) in [5.41, 5.74) is 1.38. The van der Waals surface area contributed by atoms with Gasteiger partial charge in [-0.25, -0.2) is 4.79 Å². The Labute approximate surface area is 120 Å². The first-order valence-corrected chi connectivity index (χ1v) is 6.27. The molecular weight excluding hydrogens is 272 g/mol. The zero-order valence-electron chi connectivity index (χ0n) is 11.0. The Morgan fingerprint density at radius 1 is 1.14 bits per heavy atom. The molecule has 0 radical (unpaired) electrons. The molecule has 1 heterocycles. The smallest absolute Gasteiger partial charge is 0.437 e. The van der Waals surface area contributed by atoms with E-state index in [0.29, 0.717) is 17.2 Å². The molecule has 0 atom stereocenters. The van der Waals surface area contributed by atoms with Crippen molar-refractivity contribution in [2.45, 2.75) is 0 Å². The van der Waals surface area contributed by atoms with Crippen LogP contribution in [0.5, 0.6) is 11.5 Å². The first kappa shape index (κ1) is 13.0. The van der Waals surface area contributed by atoms with Crippen molar-refractivity contribution in [2.24, 2.45) is 5.16 Å². The van der Waals surface area contributed by atoms with E-state index in [9.17, 15) is 4.79 Å². The molecule has 0 aromatic heterocycles. The van der Waals surface area contributed by atoms with E-state index in [4.69, 9.17) is 14.3 Å². The molecule has 0 aliphatic carbocycles. The van der Waals surface area contributed by atoms with Crippen LogP contribution in [-0.4, -0.2) is 19.1 Å². The van der Waals surface area contributed by atoms with Crippen LogP contribution in [-0.2, 0) is 4.84 Å². The Morgan fingerprint density at radius 2 is 1.95 bits per heavy atom. The molecule has 1 aliphatic heterocycles. The van der Waals surface area contributed by atoms with Crippen molar-refractivity contribution >= 4 is 18.0 Å². The topological polar surface area (TPSA) is 69.2 Å². The Bertz CT molecular complexity index is 671. The summed E-state index contributed by atoms with van der Waals surface area (Å²) in [6.45, 7) is 0.214. The van der Waals surface area contributed by atoms with Gasteiger partial charge in [-0.3, -0.25) is 10.2 Å². The summed E-state index contributed by atoms with van der Waals surface area (Å²) in [4.78, 5) is 16.2. The maximum atomic E-state index is 11.5. The number of amides is 1. The SMILES string of the molecule is O=C(Nc1ccccc1)O/N=C/c1ccc2c(c1)OCO2. The molecule has 0 bridgehead atoms. The number of fused-ring (bicyclic) bond motifs is 1. The number of nitrogens with zero attached hydrogens (tertiary/aromatic N) is 1. The molecule has 0 saturated heterocycles. The standard InChI is InChI=1S/C15H12N2O4/c18-15(17-12-4-2-1-3-5-12)21-16-9-11-6-7-13-14(8-11)20-10-19-13/h1-9H,10H2,(H,17,18)/b16-9+. The second kappa shape index (κ2) is 5.96. The molecule has 1 N–H and O–H groups in total. The highest BCUT2D eigenvalue weighted by atomic mass is 16.7. The largest absolute Gasteiger partial charge is 0.454 e. The molecule has 0 spiro atoms. The van der Waals surface area contributed by atoms with Crippen molar-refractivity contribution in [3.05, 3.63) is 54.1 Å². The highest BCUT2D eigenvalue weighted by Gasteiger charge is 2.12. The zero-order valence-corrected chi connectivity index (χ0v) is 11.0. The van der Waals surface area contributed by atoms with Gasteiger partial charge in [-0.05, 0) is 30.3 Å². The van der Waals surface area contributed by atoms with Gasteiger partial charge in [-0.1, -0.05) is 23.4 Å². The molecule has 1 aliphatic rings. The van der Waals surface area contributed by atoms with Crippen LogP contribution in [0.3, 0.4) is 0 Å². The predicted molar refractivity (Wildman–Crippen MR) is 76.7 cm³/mol. The maximum Gasteiger partial charge on any atom is 0.437 e. The van der Waals surface area contributed by atoms with Crippen LogP contribution in [0.25, 0.3) is 0 Å². The van der Waals surface area contributed by atoms with Crippen molar-refractivity contribution in [1.29, 1.82) is 0 Å². The molecule has 2 aromatic rings. The molecule has 0 saturated carbocycles. The second-order valence-electron chi connectivity index (χ2n) is 4.22. The number of hydrogen-bond donors (Lipinski definition) is 1. The average Bonchev–Trinajstić information content (AvgIpc) is 2.96. The molecule has 3 rings (SSSR count). The van der Waals surface area contributed by atoms with E-state index in [-0.39, 0.29) is 6.79 Å². The lowest BCUT2D eigenvalue weighted by molar-refractivity contribution is 0.167. The van der Waals surface area contributed by atoms with Crippen molar-refractivity contribution in [3.8, 4) is 11.5 Å². The molecule has 2 aromatic carbocycles. The summed E-state index contributed by atoms with van der Waals surface area (Å²) in [5, 5.41) is 6.18. The van der Waals surface area contributed by atoms with Gasteiger partial charge in [0.2, 0.25) is 6.79 Å². The minimum atomic E-state index is -0.654. The third-order valence-electron chi connectivity index (χ3n) is 2.75. The fraction of sp³-hybridized carbons (Fsp3) is 0.0667. The van der Waals surface area contributed by atoms with Gasteiger partial charge in [0.05, 0.1) is 6.21 Å². The van der Waals surface area contributed by atoms with E-state index in [1.165, 1.54) is 6.21 Å². The summed E-state index contributed by atoms with van der Waals surface area (Å²) in [6, 6.07) is 14.3. The molecule has 0 unspecified atom stereocenters. The molecule has 1 amide bonds. The first-order chi connectivity index (χ1) is 10.3. The number of rotatable bonds is 3. The number of benzene rings is 2. The summed E-state index contributed by atoms with van der Waals surface area (Å²) < 4.78 is 10.4. The van der Waals surface area contributed by atoms with E-state index in [1.807, 2.05) is 18.2 Å². The fourth-order valence-corrected chi connectivity index (χ4v) is 1.79. The number of ether oxygens (including phenoxy) is 2. The van der Waals surface area contributed by atoms with E-state index in [2.05, 4.69) is 10.5 Å². The van der Waals surface area contributed by atoms with Crippen molar-refractivity contribution in [1.82, 2.24) is 0 Å². The van der Waals surface area contributed by atoms with Crippen molar-refractivity contribution in [3.63, 3.8) is 0 Å². The minimum Gasteiger partial charge on any atom is -0.454 e. The van der Waals surface area contributed by atoms with Gasteiger partial charge in [-0.15, -0.1) is 0 Å². The fourth-order valence-electron chi connectivity index (χ4n) is 1.79. The highest BCUT2D eigenvalue weighted by molar-refractivity contribution is 5.86. The number of oxime groups is 1. The summed E-state index contributed by atoms with van der Waals surface area (Å²) in [5.74, 6) is 1.34. The number of hydrogen-bond acceptors (Lipinski definition) is 5. The quantitative estimate of drug-likeness (QED) is 0.534. The molecule has 21 heavy (non-hydrogen) atoms. The molecule has 106 valence electrons. The molecule has 6 heteroatoms. The predicted octanol–water partition coefficient (Wildman–Crippen LogP) is 3.00. The molecule has 6 nitrogen and oxygen atoms in total. The average molecular weight is 284 g/mol. The van der Waals surface area contributed by atoms with Crippen LogP contribution in [0, 0.1) is 0 Å². The second-order valence-corrected chi connectivity index (χ2v) is 4.22. The third-order valence-corrected chi connectivity index (χ3v) is 2.75.